The monoisotopic (exact) mass is 337 g/mol. The van der Waals surface area contributed by atoms with Crippen molar-refractivity contribution in [1.82, 2.24) is 25.3 Å². The molecule has 1 fully saturated rings. The first-order valence-electron chi connectivity index (χ1n) is 8.73. The normalized spacial score (nSPS) is 20.2. The Morgan fingerprint density at radius 1 is 1.32 bits per heavy atom. The minimum atomic E-state index is 0.138. The molecule has 130 valence electrons. The second kappa shape index (κ2) is 7.21. The van der Waals surface area contributed by atoms with E-state index in [1.165, 1.54) is 5.56 Å². The van der Waals surface area contributed by atoms with Crippen LogP contribution in [0.3, 0.4) is 0 Å². The summed E-state index contributed by atoms with van der Waals surface area (Å²) in [7, 11) is 0. The number of aromatic nitrogens is 4. The molecular weight excluding hydrogens is 314 g/mol. The van der Waals surface area contributed by atoms with E-state index in [0.717, 1.165) is 43.1 Å². The summed E-state index contributed by atoms with van der Waals surface area (Å²) in [6, 6.07) is 10.2. The van der Waals surface area contributed by atoms with Crippen molar-refractivity contribution in [2.45, 2.75) is 26.0 Å². The van der Waals surface area contributed by atoms with Crippen LogP contribution in [0.4, 0.5) is 0 Å². The van der Waals surface area contributed by atoms with Gasteiger partial charge in [0, 0.05) is 49.1 Å². The molecule has 6 nitrogen and oxygen atoms in total. The summed E-state index contributed by atoms with van der Waals surface area (Å²) in [5.41, 5.74) is 4.51. The summed E-state index contributed by atoms with van der Waals surface area (Å²) in [4.78, 5) is 0. The largest absolute Gasteiger partial charge is 0.373 e. The van der Waals surface area contributed by atoms with E-state index in [1.807, 2.05) is 35.3 Å². The first-order chi connectivity index (χ1) is 12.3. The number of ether oxygens (including phenoxy) is 1. The molecule has 2 atom stereocenters. The quantitative estimate of drug-likeness (QED) is 0.726. The van der Waals surface area contributed by atoms with Gasteiger partial charge in [0.25, 0.3) is 0 Å². The average molecular weight is 337 g/mol. The van der Waals surface area contributed by atoms with E-state index in [0.29, 0.717) is 5.92 Å². The van der Waals surface area contributed by atoms with Crippen LogP contribution in [-0.2, 0) is 11.3 Å². The second-order valence-corrected chi connectivity index (χ2v) is 6.52. The Bertz CT molecular complexity index is 797. The average Bonchev–Trinajstić information content (AvgIpc) is 3.37. The Balaban J connectivity index is 1.37. The molecule has 0 amide bonds. The Morgan fingerprint density at radius 3 is 3.00 bits per heavy atom. The molecule has 1 aliphatic heterocycles. The van der Waals surface area contributed by atoms with Crippen LogP contribution < -0.4 is 5.32 Å². The van der Waals surface area contributed by atoms with E-state index in [1.54, 1.807) is 0 Å². The molecule has 6 heteroatoms. The number of para-hydroxylation sites is 1. The summed E-state index contributed by atoms with van der Waals surface area (Å²) in [5.74, 6) is 0.474. The highest BCUT2D eigenvalue weighted by atomic mass is 16.5. The van der Waals surface area contributed by atoms with E-state index in [9.17, 15) is 0 Å². The molecule has 0 bridgehead atoms. The summed E-state index contributed by atoms with van der Waals surface area (Å²) in [5, 5.41) is 15.1. The van der Waals surface area contributed by atoms with E-state index in [2.05, 4.69) is 45.9 Å². The highest BCUT2D eigenvalue weighted by Crippen LogP contribution is 2.33. The van der Waals surface area contributed by atoms with Gasteiger partial charge in [0.2, 0.25) is 0 Å². The first-order valence-corrected chi connectivity index (χ1v) is 8.73. The number of benzene rings is 1. The molecule has 4 rings (SSSR count). The fourth-order valence-corrected chi connectivity index (χ4v) is 3.40. The van der Waals surface area contributed by atoms with Crippen molar-refractivity contribution in [3.8, 4) is 5.69 Å². The summed E-state index contributed by atoms with van der Waals surface area (Å²) >= 11 is 0. The molecule has 1 saturated heterocycles. The van der Waals surface area contributed by atoms with Crippen LogP contribution in [0.5, 0.6) is 0 Å². The molecule has 0 unspecified atom stereocenters. The molecule has 1 aliphatic rings. The van der Waals surface area contributed by atoms with Gasteiger partial charge in [0.1, 0.15) is 0 Å². The van der Waals surface area contributed by atoms with Gasteiger partial charge in [-0.15, -0.1) is 0 Å². The van der Waals surface area contributed by atoms with Gasteiger partial charge in [-0.3, -0.25) is 5.10 Å². The van der Waals surface area contributed by atoms with Crippen molar-refractivity contribution in [2.75, 3.05) is 13.2 Å². The maximum absolute atomic E-state index is 5.88. The van der Waals surface area contributed by atoms with Gasteiger partial charge in [0.05, 0.1) is 23.7 Å². The van der Waals surface area contributed by atoms with Crippen molar-refractivity contribution < 1.29 is 4.74 Å². The maximum Gasteiger partial charge on any atom is 0.0896 e. The molecule has 2 aromatic heterocycles. The molecule has 0 radical (unpaired) electrons. The highest BCUT2D eigenvalue weighted by molar-refractivity contribution is 5.32. The number of hydrogen-bond acceptors (Lipinski definition) is 4. The van der Waals surface area contributed by atoms with Crippen LogP contribution in [0.25, 0.3) is 5.69 Å². The molecule has 2 N–H and O–H groups in total. The zero-order chi connectivity index (χ0) is 17.1. The lowest BCUT2D eigenvalue weighted by Gasteiger charge is -2.17. The van der Waals surface area contributed by atoms with Crippen LogP contribution in [-0.4, -0.2) is 33.1 Å². The zero-order valence-electron chi connectivity index (χ0n) is 14.4. The Morgan fingerprint density at radius 2 is 2.20 bits per heavy atom. The molecule has 3 aromatic rings. The van der Waals surface area contributed by atoms with Crippen LogP contribution in [0.2, 0.25) is 0 Å². The smallest absolute Gasteiger partial charge is 0.0896 e. The van der Waals surface area contributed by atoms with Crippen molar-refractivity contribution in [3.05, 3.63) is 65.7 Å². The fourth-order valence-electron chi connectivity index (χ4n) is 3.40. The van der Waals surface area contributed by atoms with Gasteiger partial charge in [-0.25, -0.2) is 4.68 Å². The Hall–Kier alpha value is -2.44. The van der Waals surface area contributed by atoms with Crippen LogP contribution in [0.1, 0.15) is 29.3 Å². The van der Waals surface area contributed by atoms with Gasteiger partial charge in [0.15, 0.2) is 0 Å². The fraction of sp³-hybridized carbons (Fsp3) is 0.368. The van der Waals surface area contributed by atoms with Gasteiger partial charge in [-0.1, -0.05) is 18.2 Å². The van der Waals surface area contributed by atoms with Crippen LogP contribution >= 0.6 is 0 Å². The van der Waals surface area contributed by atoms with E-state index >= 15 is 0 Å². The number of nitrogens with one attached hydrogen (secondary N) is 2. The first kappa shape index (κ1) is 16.1. The van der Waals surface area contributed by atoms with Crippen molar-refractivity contribution in [3.63, 3.8) is 0 Å². The van der Waals surface area contributed by atoms with Gasteiger partial charge in [-0.05, 0) is 25.5 Å². The van der Waals surface area contributed by atoms with Crippen molar-refractivity contribution in [1.29, 1.82) is 0 Å². The third-order valence-corrected chi connectivity index (χ3v) is 4.81. The van der Waals surface area contributed by atoms with Crippen LogP contribution in [0.15, 0.2) is 48.9 Å². The molecule has 3 heterocycles. The lowest BCUT2D eigenvalue weighted by molar-refractivity contribution is 0.0905. The molecule has 1 aromatic carbocycles. The lowest BCUT2D eigenvalue weighted by atomic mass is 9.97. The SMILES string of the molecule is Cc1nn(-c2ccccc2)cc1CNC[C@H]1CCO[C@@H]1c1cn[nH]c1. The lowest BCUT2D eigenvalue weighted by Crippen LogP contribution is -2.24. The molecule has 25 heavy (non-hydrogen) atoms. The van der Waals surface area contributed by atoms with Gasteiger partial charge in [-0.2, -0.15) is 10.2 Å². The number of H-pyrrole nitrogens is 1. The standard InChI is InChI=1S/C19H23N5O/c1-14-17(13-24(23-14)18-5-3-2-4-6-18)10-20-9-15-7-8-25-19(15)16-11-21-22-12-16/h2-6,11-13,15,19-20H,7-10H2,1H3,(H,21,22)/t15-,19+/m1/s1. The van der Waals surface area contributed by atoms with E-state index in [4.69, 9.17) is 4.74 Å². The highest BCUT2D eigenvalue weighted by Gasteiger charge is 2.29. The Labute approximate surface area is 147 Å². The van der Waals surface area contributed by atoms with E-state index < -0.39 is 0 Å². The molecule has 0 aliphatic carbocycles. The molecule has 0 saturated carbocycles. The third kappa shape index (κ3) is 3.50. The van der Waals surface area contributed by atoms with Crippen molar-refractivity contribution >= 4 is 0 Å². The van der Waals surface area contributed by atoms with Gasteiger partial charge >= 0.3 is 0 Å². The number of rotatable bonds is 6. The van der Waals surface area contributed by atoms with Gasteiger partial charge < -0.3 is 10.1 Å². The van der Waals surface area contributed by atoms with Crippen molar-refractivity contribution in [2.24, 2.45) is 5.92 Å². The topological polar surface area (TPSA) is 67.8 Å². The molecule has 0 spiro atoms. The summed E-state index contributed by atoms with van der Waals surface area (Å²) in [6.07, 6.45) is 7.11. The second-order valence-electron chi connectivity index (χ2n) is 6.52. The van der Waals surface area contributed by atoms with E-state index in [-0.39, 0.29) is 6.10 Å². The zero-order valence-corrected chi connectivity index (χ0v) is 14.4. The number of aromatic amines is 1. The maximum atomic E-state index is 5.88. The number of hydrogen-bond donors (Lipinski definition) is 2. The number of aryl methyl sites for hydroxylation is 1. The number of nitrogens with zero attached hydrogens (tertiary/aromatic N) is 3. The minimum Gasteiger partial charge on any atom is -0.373 e. The summed E-state index contributed by atoms with van der Waals surface area (Å²) in [6.45, 7) is 4.61. The molecular formula is C19H23N5O. The summed E-state index contributed by atoms with van der Waals surface area (Å²) < 4.78 is 7.83. The van der Waals surface area contributed by atoms with Crippen LogP contribution in [0, 0.1) is 12.8 Å². The minimum absolute atomic E-state index is 0.138. The Kier molecular flexibility index (Phi) is 4.63. The third-order valence-electron chi connectivity index (χ3n) is 4.81. The predicted octanol–water partition coefficient (Wildman–Crippen LogP) is 2.77. The predicted molar refractivity (Wildman–Crippen MR) is 95.4 cm³/mol.